The molecule has 0 amide bonds. The van der Waals surface area contributed by atoms with Gasteiger partial charge in [0.1, 0.15) is 5.65 Å². The molecule has 2 rings (SSSR count). The van der Waals surface area contributed by atoms with Crippen LogP contribution in [0.1, 0.15) is 12.0 Å². The van der Waals surface area contributed by atoms with Gasteiger partial charge in [0.25, 0.3) is 0 Å². The van der Waals surface area contributed by atoms with Gasteiger partial charge in [-0.25, -0.2) is 4.98 Å². The number of rotatable bonds is 3. The summed E-state index contributed by atoms with van der Waals surface area (Å²) in [5.74, 6) is 0. The van der Waals surface area contributed by atoms with Crippen molar-refractivity contribution in [3.63, 3.8) is 0 Å². The Morgan fingerprint density at radius 2 is 2.12 bits per heavy atom. The molecule has 6 heteroatoms. The fourth-order valence-corrected chi connectivity index (χ4v) is 1.78. The largest absolute Gasteiger partial charge is 0.390 e. The summed E-state index contributed by atoms with van der Waals surface area (Å²) in [6.45, 7) is 0.165. The number of hydrogen-bond acceptors (Lipinski definition) is 2. The van der Waals surface area contributed by atoms with E-state index < -0.39 is 12.6 Å². The SMILES string of the molecule is NCc1cn(CCC(F)(F)F)c2ncccc12. The summed E-state index contributed by atoms with van der Waals surface area (Å²) in [6, 6.07) is 3.56. The van der Waals surface area contributed by atoms with Crippen LogP contribution in [0.5, 0.6) is 0 Å². The second-order valence-corrected chi connectivity index (χ2v) is 3.79. The first-order chi connectivity index (χ1) is 8.01. The van der Waals surface area contributed by atoms with E-state index >= 15 is 0 Å². The van der Waals surface area contributed by atoms with E-state index in [9.17, 15) is 13.2 Å². The summed E-state index contributed by atoms with van der Waals surface area (Å²) < 4.78 is 38.0. The Morgan fingerprint density at radius 1 is 1.35 bits per heavy atom. The van der Waals surface area contributed by atoms with E-state index in [1.807, 2.05) is 6.07 Å². The highest BCUT2D eigenvalue weighted by atomic mass is 19.4. The number of nitrogens with two attached hydrogens (primary N) is 1. The van der Waals surface area contributed by atoms with E-state index in [1.165, 1.54) is 4.57 Å². The normalized spacial score (nSPS) is 12.2. The topological polar surface area (TPSA) is 43.8 Å². The summed E-state index contributed by atoms with van der Waals surface area (Å²) >= 11 is 0. The molecule has 0 fully saturated rings. The first-order valence-electron chi connectivity index (χ1n) is 5.21. The molecule has 0 aliphatic carbocycles. The lowest BCUT2D eigenvalue weighted by Gasteiger charge is -2.07. The lowest BCUT2D eigenvalue weighted by atomic mass is 10.2. The molecule has 0 spiro atoms. The Kier molecular flexibility index (Phi) is 3.06. The highest BCUT2D eigenvalue weighted by Gasteiger charge is 2.27. The number of halogens is 3. The Hall–Kier alpha value is -1.56. The van der Waals surface area contributed by atoms with Crippen molar-refractivity contribution in [2.75, 3.05) is 0 Å². The van der Waals surface area contributed by atoms with E-state index in [2.05, 4.69) is 4.98 Å². The Balaban J connectivity index is 2.34. The molecule has 92 valence electrons. The van der Waals surface area contributed by atoms with Gasteiger partial charge >= 0.3 is 6.18 Å². The van der Waals surface area contributed by atoms with Crippen LogP contribution in [0, 0.1) is 0 Å². The monoisotopic (exact) mass is 243 g/mol. The highest BCUT2D eigenvalue weighted by Crippen LogP contribution is 2.24. The van der Waals surface area contributed by atoms with Crippen molar-refractivity contribution in [2.24, 2.45) is 5.73 Å². The predicted molar refractivity (Wildman–Crippen MR) is 58.3 cm³/mol. The van der Waals surface area contributed by atoms with Gasteiger partial charge in [-0.05, 0) is 17.7 Å². The molecular formula is C11H12F3N3. The van der Waals surface area contributed by atoms with E-state index in [4.69, 9.17) is 5.73 Å². The lowest BCUT2D eigenvalue weighted by molar-refractivity contribution is -0.136. The van der Waals surface area contributed by atoms with Gasteiger partial charge in [-0.3, -0.25) is 0 Å². The molecule has 0 saturated carbocycles. The standard InChI is InChI=1S/C11H12F3N3/c12-11(13,14)3-5-17-7-8(6-15)9-2-1-4-16-10(9)17/h1-2,4,7H,3,5-6,15H2. The smallest absolute Gasteiger partial charge is 0.332 e. The summed E-state index contributed by atoms with van der Waals surface area (Å²) in [7, 11) is 0. The molecule has 0 aliphatic heterocycles. The molecule has 0 unspecified atom stereocenters. The summed E-state index contributed by atoms with van der Waals surface area (Å²) in [6.07, 6.45) is -1.82. The van der Waals surface area contributed by atoms with Crippen LogP contribution in [-0.2, 0) is 13.1 Å². The molecule has 2 aromatic rings. The lowest BCUT2D eigenvalue weighted by Crippen LogP contribution is -2.12. The van der Waals surface area contributed by atoms with E-state index in [0.717, 1.165) is 10.9 Å². The molecule has 3 nitrogen and oxygen atoms in total. The fraction of sp³-hybridized carbons (Fsp3) is 0.364. The summed E-state index contributed by atoms with van der Waals surface area (Å²) in [5.41, 5.74) is 6.92. The Bertz CT molecular complexity index is 516. The van der Waals surface area contributed by atoms with Crippen molar-refractivity contribution >= 4 is 11.0 Å². The second-order valence-electron chi connectivity index (χ2n) is 3.79. The molecule has 0 aliphatic rings. The second kappa shape index (κ2) is 4.37. The van der Waals surface area contributed by atoms with Crippen molar-refractivity contribution in [3.05, 3.63) is 30.1 Å². The maximum Gasteiger partial charge on any atom is 0.390 e. The minimum atomic E-state index is -4.16. The average molecular weight is 243 g/mol. The molecule has 0 aromatic carbocycles. The molecule has 2 heterocycles. The van der Waals surface area contributed by atoms with Gasteiger partial charge in [-0.1, -0.05) is 0 Å². The van der Waals surface area contributed by atoms with Gasteiger partial charge in [0.2, 0.25) is 0 Å². The van der Waals surface area contributed by atoms with Crippen molar-refractivity contribution in [3.8, 4) is 0 Å². The molecule has 0 atom stereocenters. The summed E-state index contributed by atoms with van der Waals surface area (Å²) in [4.78, 5) is 4.09. The van der Waals surface area contributed by atoms with Crippen LogP contribution in [-0.4, -0.2) is 15.7 Å². The first kappa shape index (κ1) is 11.9. The number of aromatic nitrogens is 2. The number of fused-ring (bicyclic) bond motifs is 1. The number of alkyl halides is 3. The van der Waals surface area contributed by atoms with E-state index in [0.29, 0.717) is 12.2 Å². The van der Waals surface area contributed by atoms with Gasteiger partial charge in [-0.15, -0.1) is 0 Å². The van der Waals surface area contributed by atoms with Crippen LogP contribution in [0.4, 0.5) is 13.2 Å². The van der Waals surface area contributed by atoms with Crippen LogP contribution >= 0.6 is 0 Å². The highest BCUT2D eigenvalue weighted by molar-refractivity contribution is 5.80. The van der Waals surface area contributed by atoms with Crippen LogP contribution in [0.3, 0.4) is 0 Å². The minimum absolute atomic E-state index is 0.128. The Morgan fingerprint density at radius 3 is 2.76 bits per heavy atom. The molecule has 0 radical (unpaired) electrons. The predicted octanol–water partition coefficient (Wildman–Crippen LogP) is 2.45. The number of pyridine rings is 1. The van der Waals surface area contributed by atoms with Crippen LogP contribution in [0.25, 0.3) is 11.0 Å². The third-order valence-electron chi connectivity index (χ3n) is 2.57. The molecule has 2 N–H and O–H groups in total. The zero-order valence-electron chi connectivity index (χ0n) is 9.04. The van der Waals surface area contributed by atoms with Crippen LogP contribution < -0.4 is 5.73 Å². The fourth-order valence-electron chi connectivity index (χ4n) is 1.78. The van der Waals surface area contributed by atoms with E-state index in [-0.39, 0.29) is 6.54 Å². The first-order valence-corrected chi connectivity index (χ1v) is 5.21. The molecule has 2 aromatic heterocycles. The van der Waals surface area contributed by atoms with Gasteiger partial charge in [0, 0.05) is 30.9 Å². The van der Waals surface area contributed by atoms with Gasteiger partial charge in [0.05, 0.1) is 6.42 Å². The third kappa shape index (κ3) is 2.58. The number of aryl methyl sites for hydroxylation is 1. The Labute approximate surface area is 96.0 Å². The van der Waals surface area contributed by atoms with Crippen molar-refractivity contribution < 1.29 is 13.2 Å². The zero-order valence-corrected chi connectivity index (χ0v) is 9.04. The molecule has 17 heavy (non-hydrogen) atoms. The maximum absolute atomic E-state index is 12.2. The molecule has 0 saturated heterocycles. The van der Waals surface area contributed by atoms with Crippen molar-refractivity contribution in [2.45, 2.75) is 25.7 Å². The summed E-state index contributed by atoms with van der Waals surface area (Å²) in [5, 5.41) is 0.817. The zero-order chi connectivity index (χ0) is 12.5. The van der Waals surface area contributed by atoms with Gasteiger partial charge < -0.3 is 10.3 Å². The van der Waals surface area contributed by atoms with Gasteiger partial charge in [0.15, 0.2) is 0 Å². The van der Waals surface area contributed by atoms with E-state index in [1.54, 1.807) is 18.5 Å². The van der Waals surface area contributed by atoms with Gasteiger partial charge in [-0.2, -0.15) is 13.2 Å². The third-order valence-corrected chi connectivity index (χ3v) is 2.57. The molecule has 0 bridgehead atoms. The van der Waals surface area contributed by atoms with Crippen LogP contribution in [0.15, 0.2) is 24.5 Å². The number of nitrogens with zero attached hydrogens (tertiary/aromatic N) is 2. The van der Waals surface area contributed by atoms with Crippen LogP contribution in [0.2, 0.25) is 0 Å². The maximum atomic E-state index is 12.2. The number of hydrogen-bond donors (Lipinski definition) is 1. The van der Waals surface area contributed by atoms with Crippen molar-refractivity contribution in [1.82, 2.24) is 9.55 Å². The minimum Gasteiger partial charge on any atom is -0.332 e. The van der Waals surface area contributed by atoms with Crippen molar-refractivity contribution in [1.29, 1.82) is 0 Å². The molecular weight excluding hydrogens is 231 g/mol. The quantitative estimate of drug-likeness (QED) is 0.899. The average Bonchev–Trinajstić information content (AvgIpc) is 2.64.